The second-order valence-electron chi connectivity index (χ2n) is 3.71. The van der Waals surface area contributed by atoms with E-state index >= 15 is 0 Å². The summed E-state index contributed by atoms with van der Waals surface area (Å²) in [7, 11) is -2.12. The molecule has 0 aliphatic carbocycles. The molecule has 0 saturated carbocycles. The normalized spacial score (nSPS) is 11.2. The number of hydrogen-bond acceptors (Lipinski definition) is 4. The standard InChI is InChI=1S/C11H16N2O4S/c1-17-8-2-3-11(14)13-9-4-6-10(7-5-9)18(12,15)16/h4-7H,2-3,8H2,1H3,(H,13,14)(H2,12,15,16). The number of benzene rings is 1. The quantitative estimate of drug-likeness (QED) is 0.745. The summed E-state index contributed by atoms with van der Waals surface area (Å²) < 4.78 is 26.9. The Kier molecular flexibility index (Phi) is 5.26. The molecule has 18 heavy (non-hydrogen) atoms. The van der Waals surface area contributed by atoms with Crippen LogP contribution in [0.1, 0.15) is 12.8 Å². The van der Waals surface area contributed by atoms with Crippen molar-refractivity contribution in [2.24, 2.45) is 5.14 Å². The molecule has 0 heterocycles. The van der Waals surface area contributed by atoms with Gasteiger partial charge in [-0.1, -0.05) is 0 Å². The summed E-state index contributed by atoms with van der Waals surface area (Å²) in [6.07, 6.45) is 0.988. The van der Waals surface area contributed by atoms with Crippen LogP contribution in [0, 0.1) is 0 Å². The molecule has 6 nitrogen and oxygen atoms in total. The third-order valence-electron chi connectivity index (χ3n) is 2.22. The average Bonchev–Trinajstić information content (AvgIpc) is 2.29. The molecule has 1 aromatic carbocycles. The zero-order valence-corrected chi connectivity index (χ0v) is 10.9. The monoisotopic (exact) mass is 272 g/mol. The van der Waals surface area contributed by atoms with Gasteiger partial charge < -0.3 is 10.1 Å². The first-order valence-electron chi connectivity index (χ1n) is 5.35. The predicted octanol–water partition coefficient (Wildman–Crippen LogP) is 0.699. The Balaban J connectivity index is 2.56. The fourth-order valence-corrected chi connectivity index (χ4v) is 1.84. The lowest BCUT2D eigenvalue weighted by molar-refractivity contribution is -0.116. The van der Waals surface area contributed by atoms with E-state index in [4.69, 9.17) is 9.88 Å². The Hall–Kier alpha value is -1.44. The molecule has 0 aromatic heterocycles. The highest BCUT2D eigenvalue weighted by Crippen LogP contribution is 2.13. The summed E-state index contributed by atoms with van der Waals surface area (Å²) in [6, 6.07) is 5.68. The van der Waals surface area contributed by atoms with Crippen LogP contribution in [-0.4, -0.2) is 28.0 Å². The van der Waals surface area contributed by atoms with Gasteiger partial charge >= 0.3 is 0 Å². The Morgan fingerprint density at radius 2 is 1.94 bits per heavy atom. The van der Waals surface area contributed by atoms with Crippen LogP contribution in [-0.2, 0) is 19.6 Å². The van der Waals surface area contributed by atoms with Crippen molar-refractivity contribution in [1.82, 2.24) is 0 Å². The first-order valence-corrected chi connectivity index (χ1v) is 6.90. The number of methoxy groups -OCH3 is 1. The van der Waals surface area contributed by atoms with Gasteiger partial charge in [0, 0.05) is 25.8 Å². The predicted molar refractivity (Wildman–Crippen MR) is 67.6 cm³/mol. The van der Waals surface area contributed by atoms with Crippen LogP contribution in [0.2, 0.25) is 0 Å². The zero-order valence-electron chi connectivity index (χ0n) is 10.0. The maximum Gasteiger partial charge on any atom is 0.238 e. The van der Waals surface area contributed by atoms with E-state index in [2.05, 4.69) is 5.32 Å². The third-order valence-corrected chi connectivity index (χ3v) is 3.15. The van der Waals surface area contributed by atoms with Crippen LogP contribution in [0.15, 0.2) is 29.2 Å². The Bertz CT molecular complexity index is 496. The van der Waals surface area contributed by atoms with Crippen molar-refractivity contribution in [2.45, 2.75) is 17.7 Å². The van der Waals surface area contributed by atoms with Crippen LogP contribution < -0.4 is 10.5 Å². The Labute approximate surface area is 106 Å². The van der Waals surface area contributed by atoms with Gasteiger partial charge in [0.25, 0.3) is 0 Å². The van der Waals surface area contributed by atoms with Crippen molar-refractivity contribution >= 4 is 21.6 Å². The third kappa shape index (κ3) is 4.82. The zero-order chi connectivity index (χ0) is 13.6. The number of nitrogens with two attached hydrogens (primary N) is 1. The van der Waals surface area contributed by atoms with E-state index in [-0.39, 0.29) is 10.8 Å². The van der Waals surface area contributed by atoms with Crippen LogP contribution in [0.5, 0.6) is 0 Å². The molecule has 0 spiro atoms. The lowest BCUT2D eigenvalue weighted by Gasteiger charge is -2.05. The largest absolute Gasteiger partial charge is 0.385 e. The van der Waals surface area contributed by atoms with Gasteiger partial charge in [-0.25, -0.2) is 13.6 Å². The number of carbonyl (C=O) groups excluding carboxylic acids is 1. The molecule has 0 aliphatic rings. The summed E-state index contributed by atoms with van der Waals surface area (Å²) in [4.78, 5) is 11.5. The van der Waals surface area contributed by atoms with E-state index in [9.17, 15) is 13.2 Å². The summed E-state index contributed by atoms with van der Waals surface area (Å²) in [5.41, 5.74) is 0.532. The van der Waals surface area contributed by atoms with Crippen LogP contribution in [0.3, 0.4) is 0 Å². The lowest BCUT2D eigenvalue weighted by atomic mass is 10.2. The Morgan fingerprint density at radius 1 is 1.33 bits per heavy atom. The van der Waals surface area contributed by atoms with Crippen LogP contribution in [0.25, 0.3) is 0 Å². The highest BCUT2D eigenvalue weighted by atomic mass is 32.2. The van der Waals surface area contributed by atoms with Gasteiger partial charge in [0.2, 0.25) is 15.9 Å². The number of ether oxygens (including phenoxy) is 1. The Morgan fingerprint density at radius 3 is 2.44 bits per heavy atom. The molecule has 3 N–H and O–H groups in total. The smallest absolute Gasteiger partial charge is 0.238 e. The molecule has 0 fully saturated rings. The number of sulfonamides is 1. The number of rotatable bonds is 6. The van der Waals surface area contributed by atoms with E-state index in [1.165, 1.54) is 24.3 Å². The maximum atomic E-state index is 11.5. The number of hydrogen-bond donors (Lipinski definition) is 2. The van der Waals surface area contributed by atoms with Gasteiger partial charge in [0.1, 0.15) is 0 Å². The second kappa shape index (κ2) is 6.48. The summed E-state index contributed by atoms with van der Waals surface area (Å²) >= 11 is 0. The van der Waals surface area contributed by atoms with E-state index in [0.29, 0.717) is 25.1 Å². The van der Waals surface area contributed by atoms with Crippen molar-refractivity contribution in [3.63, 3.8) is 0 Å². The second-order valence-corrected chi connectivity index (χ2v) is 5.28. The van der Waals surface area contributed by atoms with Crippen molar-refractivity contribution < 1.29 is 17.9 Å². The van der Waals surface area contributed by atoms with E-state index < -0.39 is 10.0 Å². The summed E-state index contributed by atoms with van der Waals surface area (Å²) in [5.74, 6) is -0.143. The fraction of sp³-hybridized carbons (Fsp3) is 0.364. The van der Waals surface area contributed by atoms with Crippen molar-refractivity contribution in [2.75, 3.05) is 19.0 Å². The number of nitrogens with one attached hydrogen (secondary N) is 1. The van der Waals surface area contributed by atoms with E-state index in [1.54, 1.807) is 7.11 Å². The summed E-state index contributed by atoms with van der Waals surface area (Å²) in [6.45, 7) is 0.526. The minimum absolute atomic E-state index is 0.0138. The van der Waals surface area contributed by atoms with Gasteiger partial charge in [-0.15, -0.1) is 0 Å². The van der Waals surface area contributed by atoms with Gasteiger partial charge in [0.15, 0.2) is 0 Å². The highest BCUT2D eigenvalue weighted by Gasteiger charge is 2.07. The van der Waals surface area contributed by atoms with Gasteiger partial charge in [-0.05, 0) is 30.7 Å². The molecule has 0 radical (unpaired) electrons. The first kappa shape index (κ1) is 14.6. The van der Waals surface area contributed by atoms with Crippen LogP contribution >= 0.6 is 0 Å². The van der Waals surface area contributed by atoms with E-state index in [1.807, 2.05) is 0 Å². The first-order chi connectivity index (χ1) is 8.43. The van der Waals surface area contributed by atoms with Crippen molar-refractivity contribution in [3.05, 3.63) is 24.3 Å². The fourth-order valence-electron chi connectivity index (χ4n) is 1.33. The number of carbonyl (C=O) groups is 1. The highest BCUT2D eigenvalue weighted by molar-refractivity contribution is 7.89. The van der Waals surface area contributed by atoms with Crippen LogP contribution in [0.4, 0.5) is 5.69 Å². The topological polar surface area (TPSA) is 98.5 Å². The molecule has 0 bridgehead atoms. The summed E-state index contributed by atoms with van der Waals surface area (Å²) in [5, 5.41) is 7.61. The molecule has 100 valence electrons. The average molecular weight is 272 g/mol. The maximum absolute atomic E-state index is 11.5. The molecule has 1 rings (SSSR count). The number of anilines is 1. The van der Waals surface area contributed by atoms with Crippen molar-refractivity contribution in [3.8, 4) is 0 Å². The number of primary sulfonamides is 1. The molecular weight excluding hydrogens is 256 g/mol. The molecular formula is C11H16N2O4S. The molecule has 0 aliphatic heterocycles. The molecule has 0 unspecified atom stereocenters. The molecule has 1 aromatic rings. The van der Waals surface area contributed by atoms with Gasteiger partial charge in [0.05, 0.1) is 4.90 Å². The lowest BCUT2D eigenvalue weighted by Crippen LogP contribution is -2.14. The minimum Gasteiger partial charge on any atom is -0.385 e. The van der Waals surface area contributed by atoms with Crippen molar-refractivity contribution in [1.29, 1.82) is 0 Å². The molecule has 0 atom stereocenters. The van der Waals surface area contributed by atoms with Gasteiger partial charge in [-0.2, -0.15) is 0 Å². The molecule has 0 saturated heterocycles. The molecule has 7 heteroatoms. The molecule has 1 amide bonds. The minimum atomic E-state index is -3.69. The number of amides is 1. The van der Waals surface area contributed by atoms with E-state index in [0.717, 1.165) is 0 Å². The van der Waals surface area contributed by atoms with Gasteiger partial charge in [-0.3, -0.25) is 4.79 Å². The SMILES string of the molecule is COCCCC(=O)Nc1ccc(S(N)(=O)=O)cc1.